The third kappa shape index (κ3) is 2.41. The number of hydrogen-bond donors (Lipinski definition) is 0. The van der Waals surface area contributed by atoms with Gasteiger partial charge in [-0.2, -0.15) is 0 Å². The molecule has 0 aliphatic heterocycles. The van der Waals surface area contributed by atoms with Crippen LogP contribution in [0.1, 0.15) is 47.5 Å². The minimum atomic E-state index is -0.273. The van der Waals surface area contributed by atoms with E-state index in [1.807, 2.05) is 12.1 Å². The molecule has 1 fully saturated rings. The van der Waals surface area contributed by atoms with Crippen LogP contribution >= 0.6 is 27.3 Å². The lowest BCUT2D eigenvalue weighted by atomic mass is 9.95. The first-order valence-electron chi connectivity index (χ1n) is 6.37. The van der Waals surface area contributed by atoms with Gasteiger partial charge in [0, 0.05) is 0 Å². The highest BCUT2D eigenvalue weighted by molar-refractivity contribution is 9.11. The number of carbonyl (C=O) groups is 1. The molecule has 2 aromatic rings. The Labute approximate surface area is 124 Å². The SMILES string of the molecule is COC(=O)c1cc(C2CCCC2)c2nc(Br)sc2c1. The highest BCUT2D eigenvalue weighted by atomic mass is 79.9. The van der Waals surface area contributed by atoms with Crippen molar-refractivity contribution in [1.29, 1.82) is 0 Å². The second kappa shape index (κ2) is 5.21. The van der Waals surface area contributed by atoms with E-state index in [9.17, 15) is 4.79 Å². The fraction of sp³-hybridized carbons (Fsp3) is 0.429. The summed E-state index contributed by atoms with van der Waals surface area (Å²) in [5.41, 5.74) is 2.88. The van der Waals surface area contributed by atoms with Gasteiger partial charge in [0.1, 0.15) is 0 Å². The highest BCUT2D eigenvalue weighted by Crippen LogP contribution is 2.40. The molecule has 0 spiro atoms. The first-order chi connectivity index (χ1) is 9.19. The van der Waals surface area contributed by atoms with Crippen LogP contribution in [0, 0.1) is 0 Å². The number of thiazole rings is 1. The van der Waals surface area contributed by atoms with Gasteiger partial charge in [0.25, 0.3) is 0 Å². The minimum Gasteiger partial charge on any atom is -0.465 e. The van der Waals surface area contributed by atoms with Gasteiger partial charge in [0.2, 0.25) is 0 Å². The normalized spacial score (nSPS) is 16.1. The summed E-state index contributed by atoms with van der Waals surface area (Å²) in [6.45, 7) is 0. The maximum atomic E-state index is 11.8. The number of rotatable bonds is 2. The molecule has 100 valence electrons. The van der Waals surface area contributed by atoms with E-state index in [0.717, 1.165) is 14.1 Å². The van der Waals surface area contributed by atoms with Crippen LogP contribution in [-0.2, 0) is 4.74 Å². The fourth-order valence-electron chi connectivity index (χ4n) is 2.81. The molecule has 0 unspecified atom stereocenters. The molecular formula is C14H14BrNO2S. The molecule has 0 amide bonds. The second-order valence-corrected chi connectivity index (χ2v) is 7.16. The van der Waals surface area contributed by atoms with Gasteiger partial charge >= 0.3 is 5.97 Å². The molecule has 0 radical (unpaired) electrons. The van der Waals surface area contributed by atoms with E-state index in [0.29, 0.717) is 11.5 Å². The standard InChI is InChI=1S/C14H14BrNO2S/c1-18-13(17)9-6-10(8-4-2-3-5-8)12-11(7-9)19-14(15)16-12/h6-8H,2-5H2,1H3. The van der Waals surface area contributed by atoms with Crippen molar-refractivity contribution in [3.8, 4) is 0 Å². The van der Waals surface area contributed by atoms with E-state index in [1.165, 1.54) is 38.4 Å². The summed E-state index contributed by atoms with van der Waals surface area (Å²) in [6.07, 6.45) is 4.91. The Morgan fingerprint density at radius 3 is 2.84 bits per heavy atom. The molecule has 0 atom stereocenters. The van der Waals surface area contributed by atoms with Crippen molar-refractivity contribution >= 4 is 43.5 Å². The summed E-state index contributed by atoms with van der Waals surface area (Å²) in [6, 6.07) is 3.85. The number of hydrogen-bond acceptors (Lipinski definition) is 4. The van der Waals surface area contributed by atoms with Crippen LogP contribution in [0.15, 0.2) is 16.0 Å². The largest absolute Gasteiger partial charge is 0.465 e. The molecule has 3 nitrogen and oxygen atoms in total. The molecule has 1 aromatic carbocycles. The molecule has 3 rings (SSSR count). The molecule has 0 bridgehead atoms. The van der Waals surface area contributed by atoms with Gasteiger partial charge in [-0.3, -0.25) is 0 Å². The molecular weight excluding hydrogens is 326 g/mol. The minimum absolute atomic E-state index is 0.273. The van der Waals surface area contributed by atoms with Crippen molar-refractivity contribution in [2.24, 2.45) is 0 Å². The molecule has 0 saturated heterocycles. The Morgan fingerprint density at radius 1 is 1.42 bits per heavy atom. The zero-order chi connectivity index (χ0) is 13.4. The van der Waals surface area contributed by atoms with Crippen molar-refractivity contribution in [2.75, 3.05) is 7.11 Å². The number of ether oxygens (including phenoxy) is 1. The first kappa shape index (κ1) is 13.1. The molecule has 1 aromatic heterocycles. The Bertz CT molecular complexity index is 632. The average Bonchev–Trinajstić information content (AvgIpc) is 3.04. The van der Waals surface area contributed by atoms with Crippen molar-refractivity contribution in [3.63, 3.8) is 0 Å². The van der Waals surface area contributed by atoms with E-state index in [4.69, 9.17) is 4.74 Å². The van der Waals surface area contributed by atoms with Gasteiger partial charge in [-0.05, 0) is 52.4 Å². The van der Waals surface area contributed by atoms with Gasteiger partial charge in [-0.15, -0.1) is 11.3 Å². The van der Waals surface area contributed by atoms with Crippen LogP contribution in [-0.4, -0.2) is 18.1 Å². The lowest BCUT2D eigenvalue weighted by Crippen LogP contribution is -2.03. The Morgan fingerprint density at radius 2 is 2.16 bits per heavy atom. The van der Waals surface area contributed by atoms with E-state index in [1.54, 1.807) is 11.3 Å². The number of benzene rings is 1. The Hall–Kier alpha value is -0.940. The summed E-state index contributed by atoms with van der Waals surface area (Å²) in [5, 5.41) is 0. The van der Waals surface area contributed by atoms with Crippen LogP contribution in [0.25, 0.3) is 10.2 Å². The van der Waals surface area contributed by atoms with Crippen molar-refractivity contribution in [3.05, 3.63) is 27.2 Å². The fourth-order valence-corrected chi connectivity index (χ4v) is 4.28. The molecule has 5 heteroatoms. The summed E-state index contributed by atoms with van der Waals surface area (Å²) >= 11 is 5.00. The number of fused-ring (bicyclic) bond motifs is 1. The van der Waals surface area contributed by atoms with Crippen molar-refractivity contribution < 1.29 is 9.53 Å². The molecule has 0 N–H and O–H groups in total. The number of carbonyl (C=O) groups excluding carboxylic acids is 1. The van der Waals surface area contributed by atoms with Crippen LogP contribution < -0.4 is 0 Å². The summed E-state index contributed by atoms with van der Waals surface area (Å²) in [4.78, 5) is 16.3. The molecule has 19 heavy (non-hydrogen) atoms. The van der Waals surface area contributed by atoms with Crippen molar-refractivity contribution in [1.82, 2.24) is 4.98 Å². The van der Waals surface area contributed by atoms with Crippen LogP contribution in [0.3, 0.4) is 0 Å². The molecule has 1 saturated carbocycles. The number of nitrogens with zero attached hydrogens (tertiary/aromatic N) is 1. The summed E-state index contributed by atoms with van der Waals surface area (Å²) in [7, 11) is 1.42. The highest BCUT2D eigenvalue weighted by Gasteiger charge is 2.23. The lowest BCUT2D eigenvalue weighted by Gasteiger charge is -2.11. The maximum Gasteiger partial charge on any atom is 0.337 e. The summed E-state index contributed by atoms with van der Waals surface area (Å²) in [5.74, 6) is 0.256. The molecule has 1 heterocycles. The topological polar surface area (TPSA) is 39.2 Å². The molecule has 1 aliphatic rings. The van der Waals surface area contributed by atoms with E-state index in [-0.39, 0.29) is 5.97 Å². The van der Waals surface area contributed by atoms with Gasteiger partial charge in [0.05, 0.1) is 22.9 Å². The van der Waals surface area contributed by atoms with E-state index in [2.05, 4.69) is 20.9 Å². The number of esters is 1. The first-order valence-corrected chi connectivity index (χ1v) is 7.98. The van der Waals surface area contributed by atoms with Crippen molar-refractivity contribution in [2.45, 2.75) is 31.6 Å². The quantitative estimate of drug-likeness (QED) is 0.756. The predicted octanol–water partition coefficient (Wildman–Crippen LogP) is 4.50. The maximum absolute atomic E-state index is 11.8. The van der Waals surface area contributed by atoms with Crippen LogP contribution in [0.2, 0.25) is 0 Å². The van der Waals surface area contributed by atoms with Crippen LogP contribution in [0.5, 0.6) is 0 Å². The van der Waals surface area contributed by atoms with Gasteiger partial charge in [-0.25, -0.2) is 9.78 Å². The van der Waals surface area contributed by atoms with E-state index >= 15 is 0 Å². The number of halogens is 1. The Kier molecular flexibility index (Phi) is 3.58. The number of aromatic nitrogens is 1. The van der Waals surface area contributed by atoms with Gasteiger partial charge in [-0.1, -0.05) is 12.8 Å². The smallest absolute Gasteiger partial charge is 0.337 e. The van der Waals surface area contributed by atoms with Gasteiger partial charge < -0.3 is 4.74 Å². The second-order valence-electron chi connectivity index (χ2n) is 4.85. The van der Waals surface area contributed by atoms with Gasteiger partial charge in [0.15, 0.2) is 3.92 Å². The zero-order valence-corrected chi connectivity index (χ0v) is 13.0. The third-order valence-corrected chi connectivity index (χ3v) is 5.17. The van der Waals surface area contributed by atoms with E-state index < -0.39 is 0 Å². The molecule has 1 aliphatic carbocycles. The predicted molar refractivity (Wildman–Crippen MR) is 79.9 cm³/mol. The van der Waals surface area contributed by atoms with Crippen LogP contribution in [0.4, 0.5) is 0 Å². The number of methoxy groups -OCH3 is 1. The monoisotopic (exact) mass is 339 g/mol. The zero-order valence-electron chi connectivity index (χ0n) is 10.6. The average molecular weight is 340 g/mol. The summed E-state index contributed by atoms with van der Waals surface area (Å²) < 4.78 is 6.76. The third-order valence-electron chi connectivity index (χ3n) is 3.71. The lowest BCUT2D eigenvalue weighted by molar-refractivity contribution is 0.0601. The Balaban J connectivity index is 2.18.